The molecule has 0 unspecified atom stereocenters. The van der Waals surface area contributed by atoms with E-state index in [-0.39, 0.29) is 23.9 Å². The van der Waals surface area contributed by atoms with Gasteiger partial charge in [-0.3, -0.25) is 9.59 Å². The predicted octanol–water partition coefficient (Wildman–Crippen LogP) is -1.73. The molecule has 0 bridgehead atoms. The van der Waals surface area contributed by atoms with Crippen LogP contribution in [0, 0.1) is 0 Å². The van der Waals surface area contributed by atoms with Gasteiger partial charge in [0, 0.05) is 18.3 Å². The number of quaternary nitrogens is 2. The van der Waals surface area contributed by atoms with E-state index in [0.29, 0.717) is 6.54 Å². The van der Waals surface area contributed by atoms with Crippen molar-refractivity contribution in [3.05, 3.63) is 29.8 Å². The zero-order valence-corrected chi connectivity index (χ0v) is 16.2. The Balaban J connectivity index is 1.52. The number of fused-ring (bicyclic) bond motifs is 1. The summed E-state index contributed by atoms with van der Waals surface area (Å²) in [5, 5.41) is 2.96. The molecule has 1 saturated heterocycles. The monoisotopic (exact) mass is 360 g/mol. The van der Waals surface area contributed by atoms with Gasteiger partial charge in [-0.1, -0.05) is 18.2 Å². The lowest BCUT2D eigenvalue weighted by molar-refractivity contribution is -1.01. The van der Waals surface area contributed by atoms with Gasteiger partial charge in [-0.25, -0.2) is 0 Å². The van der Waals surface area contributed by atoms with Gasteiger partial charge >= 0.3 is 0 Å². The van der Waals surface area contributed by atoms with Gasteiger partial charge in [-0.05, 0) is 38.8 Å². The lowest BCUT2D eigenvalue weighted by Gasteiger charge is -2.33. The first-order valence-corrected chi connectivity index (χ1v) is 9.82. The van der Waals surface area contributed by atoms with E-state index < -0.39 is 0 Å². The van der Waals surface area contributed by atoms with Crippen molar-refractivity contribution in [3.8, 4) is 0 Å². The summed E-state index contributed by atoms with van der Waals surface area (Å²) in [4.78, 5) is 29.6. The number of nitrogens with zero attached hydrogens (tertiary/aromatic N) is 1. The molecule has 26 heavy (non-hydrogen) atoms. The highest BCUT2D eigenvalue weighted by Gasteiger charge is 2.36. The first-order chi connectivity index (χ1) is 12.5. The Morgan fingerprint density at radius 3 is 2.50 bits per heavy atom. The number of hydrogen-bond donors (Lipinski definition) is 3. The molecule has 1 aromatic rings. The average molecular weight is 361 g/mol. The van der Waals surface area contributed by atoms with Crippen LogP contribution in [0.2, 0.25) is 0 Å². The molecule has 2 aliphatic heterocycles. The molecule has 3 N–H and O–H groups in total. The number of amides is 2. The third kappa shape index (κ3) is 4.24. The van der Waals surface area contributed by atoms with Crippen molar-refractivity contribution in [2.24, 2.45) is 0 Å². The van der Waals surface area contributed by atoms with Crippen molar-refractivity contribution >= 4 is 17.5 Å². The zero-order chi connectivity index (χ0) is 18.7. The second kappa shape index (κ2) is 8.18. The van der Waals surface area contributed by atoms with Gasteiger partial charge in [-0.2, -0.15) is 0 Å². The zero-order valence-electron chi connectivity index (χ0n) is 16.2. The first-order valence-electron chi connectivity index (χ1n) is 9.82. The molecule has 1 aromatic carbocycles. The van der Waals surface area contributed by atoms with Crippen LogP contribution >= 0.6 is 0 Å². The van der Waals surface area contributed by atoms with Gasteiger partial charge in [0.05, 0.1) is 0 Å². The lowest BCUT2D eigenvalue weighted by atomic mass is 10.1. The highest BCUT2D eigenvalue weighted by molar-refractivity contribution is 5.97. The van der Waals surface area contributed by atoms with Gasteiger partial charge in [0.2, 0.25) is 0 Å². The summed E-state index contributed by atoms with van der Waals surface area (Å²) in [6, 6.07) is 8.37. The summed E-state index contributed by atoms with van der Waals surface area (Å²) in [5.41, 5.74) is 2.35. The number of nitrogens with one attached hydrogen (secondary N) is 3. The van der Waals surface area contributed by atoms with Crippen LogP contribution in [0.15, 0.2) is 24.3 Å². The van der Waals surface area contributed by atoms with Crippen LogP contribution in [-0.4, -0.2) is 63.2 Å². The molecule has 142 valence electrons. The van der Waals surface area contributed by atoms with Gasteiger partial charge in [-0.15, -0.1) is 0 Å². The molecular formula is C20H32N4O2+2. The van der Waals surface area contributed by atoms with Crippen LogP contribution < -0.4 is 20.0 Å². The Bertz CT molecular complexity index is 653. The molecule has 0 radical (unpaired) electrons. The van der Waals surface area contributed by atoms with Crippen molar-refractivity contribution in [1.82, 2.24) is 5.32 Å². The highest BCUT2D eigenvalue weighted by atomic mass is 16.2. The van der Waals surface area contributed by atoms with Gasteiger partial charge < -0.3 is 20.0 Å². The summed E-state index contributed by atoms with van der Waals surface area (Å²) in [6.07, 6.45) is 0.951. The largest absolute Gasteiger partial charge is 0.349 e. The molecule has 2 amide bonds. The Labute approximate surface area is 156 Å². The maximum Gasteiger partial charge on any atom is 0.284 e. The van der Waals surface area contributed by atoms with Crippen molar-refractivity contribution in [1.29, 1.82) is 0 Å². The Morgan fingerprint density at radius 1 is 1.12 bits per heavy atom. The average Bonchev–Trinajstić information content (AvgIpc) is 3.04. The van der Waals surface area contributed by atoms with Crippen molar-refractivity contribution in [2.45, 2.75) is 39.3 Å². The third-order valence-corrected chi connectivity index (χ3v) is 5.60. The van der Waals surface area contributed by atoms with Gasteiger partial charge in [0.1, 0.15) is 26.2 Å². The smallest absolute Gasteiger partial charge is 0.284 e. The van der Waals surface area contributed by atoms with Gasteiger partial charge in [0.15, 0.2) is 12.6 Å². The number of benzene rings is 1. The molecule has 2 aliphatic rings. The minimum absolute atomic E-state index is 0.0350. The summed E-state index contributed by atoms with van der Waals surface area (Å²) < 4.78 is 0. The van der Waals surface area contributed by atoms with Crippen molar-refractivity contribution in [3.63, 3.8) is 0 Å². The van der Waals surface area contributed by atoms with E-state index >= 15 is 0 Å². The number of para-hydroxylation sites is 1. The van der Waals surface area contributed by atoms with Crippen LogP contribution in [0.5, 0.6) is 0 Å². The molecule has 0 aromatic heterocycles. The number of carbonyl (C=O) groups is 2. The summed E-state index contributed by atoms with van der Waals surface area (Å²) in [7, 11) is 0. The fraction of sp³-hybridized carbons (Fsp3) is 0.600. The molecule has 1 atom stereocenters. The molecular weight excluding hydrogens is 328 g/mol. The maximum absolute atomic E-state index is 13.0. The Hall–Kier alpha value is -1.92. The van der Waals surface area contributed by atoms with Crippen molar-refractivity contribution in [2.75, 3.05) is 44.2 Å². The second-order valence-corrected chi connectivity index (χ2v) is 7.90. The Morgan fingerprint density at radius 2 is 1.81 bits per heavy atom. The van der Waals surface area contributed by atoms with Gasteiger partial charge in [0.25, 0.3) is 11.8 Å². The van der Waals surface area contributed by atoms with Crippen LogP contribution in [0.25, 0.3) is 0 Å². The SMILES string of the molecule is CC(C)NC(=O)C[NH+]1CC[NH+]([C@H](C)C(=O)N2CCc3ccccc32)CC1. The van der Waals surface area contributed by atoms with E-state index in [1.165, 1.54) is 15.4 Å². The normalized spacial score (nSPS) is 23.6. The quantitative estimate of drug-likeness (QED) is 0.585. The Kier molecular flexibility index (Phi) is 5.94. The first kappa shape index (κ1) is 18.9. The molecule has 6 heteroatoms. The predicted molar refractivity (Wildman–Crippen MR) is 102 cm³/mol. The third-order valence-electron chi connectivity index (χ3n) is 5.60. The van der Waals surface area contributed by atoms with E-state index in [9.17, 15) is 9.59 Å². The minimum Gasteiger partial charge on any atom is -0.349 e. The topological polar surface area (TPSA) is 58.3 Å². The molecule has 0 aliphatic carbocycles. The summed E-state index contributed by atoms with van der Waals surface area (Å²) >= 11 is 0. The number of rotatable bonds is 5. The number of hydrogen-bond acceptors (Lipinski definition) is 2. The fourth-order valence-electron chi connectivity index (χ4n) is 4.11. The lowest BCUT2D eigenvalue weighted by Crippen LogP contribution is -3.30. The number of anilines is 1. The van der Waals surface area contributed by atoms with E-state index in [4.69, 9.17) is 0 Å². The standard InChI is InChI=1S/C20H30N4O2/c1-15(2)21-19(25)14-22-10-12-23(13-11-22)16(3)20(26)24-9-8-17-6-4-5-7-18(17)24/h4-7,15-16H,8-14H2,1-3H3,(H,21,25)/p+2/t16-/m1/s1. The molecule has 0 saturated carbocycles. The fourth-order valence-corrected chi connectivity index (χ4v) is 4.11. The highest BCUT2D eigenvalue weighted by Crippen LogP contribution is 2.27. The molecule has 0 spiro atoms. The second-order valence-electron chi connectivity index (χ2n) is 7.90. The van der Waals surface area contributed by atoms with E-state index in [0.717, 1.165) is 44.8 Å². The van der Waals surface area contributed by atoms with Crippen LogP contribution in [0.1, 0.15) is 26.3 Å². The van der Waals surface area contributed by atoms with E-state index in [1.807, 2.05) is 30.9 Å². The number of piperazine rings is 1. The summed E-state index contributed by atoms with van der Waals surface area (Å²) in [6.45, 7) is 11.1. The molecule has 1 fully saturated rings. The van der Waals surface area contributed by atoms with Crippen LogP contribution in [0.4, 0.5) is 5.69 Å². The maximum atomic E-state index is 13.0. The number of carbonyl (C=O) groups excluding carboxylic acids is 2. The summed E-state index contributed by atoms with van der Waals surface area (Å²) in [5.74, 6) is 0.349. The molecule has 6 nitrogen and oxygen atoms in total. The minimum atomic E-state index is -0.0350. The van der Waals surface area contributed by atoms with Crippen LogP contribution in [0.3, 0.4) is 0 Å². The molecule has 3 rings (SSSR count). The van der Waals surface area contributed by atoms with E-state index in [2.05, 4.69) is 24.4 Å². The molecule has 2 heterocycles. The van der Waals surface area contributed by atoms with E-state index in [1.54, 1.807) is 0 Å². The van der Waals surface area contributed by atoms with Crippen molar-refractivity contribution < 1.29 is 19.4 Å². The van der Waals surface area contributed by atoms with Crippen LogP contribution in [-0.2, 0) is 16.0 Å².